The number of fused-ring (bicyclic) bond motifs is 1. The molecule has 1 aromatic carbocycles. The summed E-state index contributed by atoms with van der Waals surface area (Å²) in [5.74, 6) is 1.06. The van der Waals surface area contributed by atoms with E-state index in [1.165, 1.54) is 16.7 Å². The second-order valence-corrected chi connectivity index (χ2v) is 5.25. The van der Waals surface area contributed by atoms with Gasteiger partial charge in [-0.1, -0.05) is 12.1 Å². The zero-order chi connectivity index (χ0) is 13.8. The molecule has 0 bridgehead atoms. The van der Waals surface area contributed by atoms with E-state index in [0.717, 1.165) is 31.7 Å². The molecule has 0 spiro atoms. The molecule has 0 aliphatic carbocycles. The molecule has 3 heteroatoms. The second-order valence-electron chi connectivity index (χ2n) is 5.25. The molecule has 1 atom stereocenters. The Kier molecular flexibility index (Phi) is 3.97. The SMILES string of the molecule is CC(NCCc1ccc2c(c1)CCO2)c1ccncc1. The third-order valence-electron chi connectivity index (χ3n) is 3.82. The molecule has 104 valence electrons. The number of nitrogens with zero attached hydrogens (tertiary/aromatic N) is 1. The van der Waals surface area contributed by atoms with Gasteiger partial charge < -0.3 is 10.1 Å². The molecule has 3 nitrogen and oxygen atoms in total. The summed E-state index contributed by atoms with van der Waals surface area (Å²) in [6, 6.07) is 11.0. The van der Waals surface area contributed by atoms with E-state index in [9.17, 15) is 0 Å². The molecule has 0 saturated carbocycles. The van der Waals surface area contributed by atoms with Crippen molar-refractivity contribution in [2.45, 2.75) is 25.8 Å². The number of hydrogen-bond donors (Lipinski definition) is 1. The molecular weight excluding hydrogens is 248 g/mol. The smallest absolute Gasteiger partial charge is 0.122 e. The van der Waals surface area contributed by atoms with Crippen LogP contribution in [0.5, 0.6) is 5.75 Å². The molecule has 1 aliphatic rings. The Hall–Kier alpha value is -1.87. The first kappa shape index (κ1) is 13.1. The predicted molar refractivity (Wildman–Crippen MR) is 80.0 cm³/mol. The van der Waals surface area contributed by atoms with Gasteiger partial charge in [-0.3, -0.25) is 4.98 Å². The number of aromatic nitrogens is 1. The topological polar surface area (TPSA) is 34.1 Å². The summed E-state index contributed by atoms with van der Waals surface area (Å²) in [5.41, 5.74) is 4.01. The van der Waals surface area contributed by atoms with Crippen LogP contribution in [-0.2, 0) is 12.8 Å². The maximum absolute atomic E-state index is 5.53. The van der Waals surface area contributed by atoms with Gasteiger partial charge in [0.25, 0.3) is 0 Å². The minimum Gasteiger partial charge on any atom is -0.493 e. The van der Waals surface area contributed by atoms with Crippen molar-refractivity contribution >= 4 is 0 Å². The van der Waals surface area contributed by atoms with Gasteiger partial charge in [0.2, 0.25) is 0 Å². The molecule has 3 rings (SSSR count). The zero-order valence-corrected chi connectivity index (χ0v) is 11.8. The standard InChI is InChI=1S/C17H20N2O/c1-13(15-5-8-18-9-6-15)19-10-4-14-2-3-17-16(12-14)7-11-20-17/h2-3,5-6,8-9,12-13,19H,4,7,10-11H2,1H3. The van der Waals surface area contributed by atoms with Crippen molar-refractivity contribution in [3.8, 4) is 5.75 Å². The predicted octanol–water partition coefficient (Wildman–Crippen LogP) is 2.91. The first-order valence-electron chi connectivity index (χ1n) is 7.21. The Morgan fingerprint density at radius 3 is 2.95 bits per heavy atom. The van der Waals surface area contributed by atoms with Crippen molar-refractivity contribution in [1.82, 2.24) is 10.3 Å². The van der Waals surface area contributed by atoms with Crippen LogP contribution in [0.2, 0.25) is 0 Å². The summed E-state index contributed by atoms with van der Waals surface area (Å²) >= 11 is 0. The molecule has 0 fully saturated rings. The Morgan fingerprint density at radius 2 is 2.10 bits per heavy atom. The second kappa shape index (κ2) is 6.06. The maximum atomic E-state index is 5.53. The Balaban J connectivity index is 1.53. The van der Waals surface area contributed by atoms with Crippen molar-refractivity contribution in [2.75, 3.05) is 13.2 Å². The van der Waals surface area contributed by atoms with Gasteiger partial charge in [-0.05, 0) is 54.8 Å². The lowest BCUT2D eigenvalue weighted by Gasteiger charge is -2.14. The third kappa shape index (κ3) is 2.99. The van der Waals surface area contributed by atoms with Crippen LogP contribution < -0.4 is 10.1 Å². The fourth-order valence-corrected chi connectivity index (χ4v) is 2.60. The van der Waals surface area contributed by atoms with Crippen molar-refractivity contribution in [1.29, 1.82) is 0 Å². The van der Waals surface area contributed by atoms with Crippen molar-refractivity contribution in [3.05, 3.63) is 59.4 Å². The fourth-order valence-electron chi connectivity index (χ4n) is 2.60. The molecule has 2 heterocycles. The third-order valence-corrected chi connectivity index (χ3v) is 3.82. The van der Waals surface area contributed by atoms with E-state index in [0.29, 0.717) is 6.04 Å². The molecule has 20 heavy (non-hydrogen) atoms. The zero-order valence-electron chi connectivity index (χ0n) is 11.8. The van der Waals surface area contributed by atoms with Gasteiger partial charge in [0.15, 0.2) is 0 Å². The van der Waals surface area contributed by atoms with Crippen LogP contribution in [0.3, 0.4) is 0 Å². The Morgan fingerprint density at radius 1 is 1.25 bits per heavy atom. The highest BCUT2D eigenvalue weighted by Crippen LogP contribution is 2.25. The minimum absolute atomic E-state index is 0.357. The van der Waals surface area contributed by atoms with Crippen molar-refractivity contribution in [3.63, 3.8) is 0 Å². The monoisotopic (exact) mass is 268 g/mol. The molecule has 1 N–H and O–H groups in total. The molecule has 1 aliphatic heterocycles. The van der Waals surface area contributed by atoms with Crippen LogP contribution in [0.1, 0.15) is 29.7 Å². The Labute approximate surface area is 120 Å². The van der Waals surface area contributed by atoms with Crippen molar-refractivity contribution < 1.29 is 4.74 Å². The fraction of sp³-hybridized carbons (Fsp3) is 0.353. The summed E-state index contributed by atoms with van der Waals surface area (Å²) < 4.78 is 5.53. The van der Waals surface area contributed by atoms with Crippen LogP contribution >= 0.6 is 0 Å². The highest BCUT2D eigenvalue weighted by molar-refractivity contribution is 5.39. The maximum Gasteiger partial charge on any atom is 0.122 e. The first-order chi connectivity index (χ1) is 9.83. The van der Waals surface area contributed by atoms with Gasteiger partial charge in [-0.15, -0.1) is 0 Å². The number of rotatable bonds is 5. The molecule has 0 saturated heterocycles. The van der Waals surface area contributed by atoms with Gasteiger partial charge in [-0.25, -0.2) is 0 Å². The van der Waals surface area contributed by atoms with E-state index < -0.39 is 0 Å². The number of benzene rings is 1. The summed E-state index contributed by atoms with van der Waals surface area (Å²) in [6.07, 6.45) is 5.77. The van der Waals surface area contributed by atoms with E-state index in [2.05, 4.69) is 47.6 Å². The van der Waals surface area contributed by atoms with E-state index in [1.807, 2.05) is 12.4 Å². The van der Waals surface area contributed by atoms with Gasteiger partial charge in [0.05, 0.1) is 6.61 Å². The molecule has 1 aromatic heterocycles. The number of hydrogen-bond acceptors (Lipinski definition) is 3. The normalized spacial score (nSPS) is 14.7. The number of pyridine rings is 1. The van der Waals surface area contributed by atoms with Crippen LogP contribution in [0.25, 0.3) is 0 Å². The summed E-state index contributed by atoms with van der Waals surface area (Å²) in [7, 11) is 0. The van der Waals surface area contributed by atoms with Crippen LogP contribution in [-0.4, -0.2) is 18.1 Å². The van der Waals surface area contributed by atoms with E-state index in [-0.39, 0.29) is 0 Å². The molecule has 0 radical (unpaired) electrons. The minimum atomic E-state index is 0.357. The molecule has 2 aromatic rings. The van der Waals surface area contributed by atoms with Crippen LogP contribution in [0, 0.1) is 0 Å². The lowest BCUT2D eigenvalue weighted by atomic mass is 10.1. The van der Waals surface area contributed by atoms with Gasteiger partial charge >= 0.3 is 0 Å². The molecule has 1 unspecified atom stereocenters. The summed E-state index contributed by atoms with van der Waals surface area (Å²) in [5, 5.41) is 3.56. The molecule has 0 amide bonds. The largest absolute Gasteiger partial charge is 0.493 e. The highest BCUT2D eigenvalue weighted by Gasteiger charge is 2.12. The average Bonchev–Trinajstić information content (AvgIpc) is 2.95. The Bertz CT molecular complexity index is 568. The number of nitrogens with one attached hydrogen (secondary N) is 1. The quantitative estimate of drug-likeness (QED) is 0.905. The van der Waals surface area contributed by atoms with E-state index >= 15 is 0 Å². The van der Waals surface area contributed by atoms with Crippen LogP contribution in [0.15, 0.2) is 42.7 Å². The van der Waals surface area contributed by atoms with Gasteiger partial charge in [0, 0.05) is 24.9 Å². The average molecular weight is 268 g/mol. The summed E-state index contributed by atoms with van der Waals surface area (Å²) in [4.78, 5) is 4.05. The van der Waals surface area contributed by atoms with Crippen molar-refractivity contribution in [2.24, 2.45) is 0 Å². The van der Waals surface area contributed by atoms with E-state index in [1.54, 1.807) is 0 Å². The van der Waals surface area contributed by atoms with Gasteiger partial charge in [-0.2, -0.15) is 0 Å². The van der Waals surface area contributed by atoms with E-state index in [4.69, 9.17) is 4.74 Å². The summed E-state index contributed by atoms with van der Waals surface area (Å²) in [6.45, 7) is 3.99. The van der Waals surface area contributed by atoms with Gasteiger partial charge in [0.1, 0.15) is 5.75 Å². The highest BCUT2D eigenvalue weighted by atomic mass is 16.5. The first-order valence-corrected chi connectivity index (χ1v) is 7.21. The lowest BCUT2D eigenvalue weighted by molar-refractivity contribution is 0.357. The van der Waals surface area contributed by atoms with Crippen LogP contribution in [0.4, 0.5) is 0 Å². The number of ether oxygens (including phenoxy) is 1. The lowest BCUT2D eigenvalue weighted by Crippen LogP contribution is -2.21. The molecular formula is C17H20N2O.